The van der Waals surface area contributed by atoms with E-state index in [1.165, 1.54) is 32.5 Å². The Hall–Kier alpha value is -0.190. The molecule has 108 valence electrons. The van der Waals surface area contributed by atoms with Crippen molar-refractivity contribution in [3.63, 3.8) is 0 Å². The number of nitrogens with two attached hydrogens (primary N) is 1. The molecule has 0 unspecified atom stereocenters. The lowest BCUT2D eigenvalue weighted by molar-refractivity contribution is 0.241. The zero-order valence-corrected chi connectivity index (χ0v) is 13.3. The van der Waals surface area contributed by atoms with Crippen LogP contribution in [0.5, 0.6) is 0 Å². The molecule has 0 rings (SSSR count). The Labute approximate surface area is 119 Å². The Balaban J connectivity index is 3.60. The van der Waals surface area contributed by atoms with Crippen LogP contribution in [0.4, 0.5) is 0 Å². The molecule has 0 radical (unpaired) electrons. The van der Waals surface area contributed by atoms with E-state index in [0.29, 0.717) is 4.99 Å². The van der Waals surface area contributed by atoms with Crippen molar-refractivity contribution in [2.45, 2.75) is 46.5 Å². The molecule has 0 saturated heterocycles. The van der Waals surface area contributed by atoms with Gasteiger partial charge in [0.25, 0.3) is 0 Å². The molecule has 0 bridgehead atoms. The first-order valence-corrected chi connectivity index (χ1v) is 7.77. The number of unbranched alkanes of at least 4 members (excludes halogenated alkanes) is 1. The van der Waals surface area contributed by atoms with Crippen molar-refractivity contribution in [3.8, 4) is 0 Å². The van der Waals surface area contributed by atoms with Crippen LogP contribution in [0.15, 0.2) is 0 Å². The van der Waals surface area contributed by atoms with E-state index in [1.54, 1.807) is 0 Å². The number of nitrogens with zero attached hydrogens (tertiary/aromatic N) is 2. The van der Waals surface area contributed by atoms with Gasteiger partial charge in [-0.15, -0.1) is 0 Å². The molecule has 0 aliphatic heterocycles. The van der Waals surface area contributed by atoms with Crippen molar-refractivity contribution < 1.29 is 0 Å². The van der Waals surface area contributed by atoms with Crippen LogP contribution in [-0.4, -0.2) is 54.1 Å². The molecule has 0 aliphatic rings. The molecule has 0 aromatic carbocycles. The van der Waals surface area contributed by atoms with Gasteiger partial charge >= 0.3 is 0 Å². The van der Waals surface area contributed by atoms with Gasteiger partial charge in [-0.1, -0.05) is 33.0 Å². The van der Waals surface area contributed by atoms with Gasteiger partial charge in [0, 0.05) is 0 Å². The first kappa shape index (κ1) is 17.8. The van der Waals surface area contributed by atoms with E-state index >= 15 is 0 Å². The van der Waals surface area contributed by atoms with E-state index in [-0.39, 0.29) is 0 Å². The van der Waals surface area contributed by atoms with Gasteiger partial charge < -0.3 is 15.5 Å². The molecule has 0 amide bonds. The molecular weight excluding hydrogens is 242 g/mol. The van der Waals surface area contributed by atoms with Gasteiger partial charge in [-0.25, -0.2) is 0 Å². The maximum absolute atomic E-state index is 5.50. The number of rotatable bonds is 12. The van der Waals surface area contributed by atoms with E-state index in [9.17, 15) is 0 Å². The summed E-state index contributed by atoms with van der Waals surface area (Å²) in [5.74, 6) is 0. The molecule has 0 aliphatic carbocycles. The highest BCUT2D eigenvalue weighted by molar-refractivity contribution is 7.80. The molecule has 0 heterocycles. The summed E-state index contributed by atoms with van der Waals surface area (Å²) < 4.78 is 0. The quantitative estimate of drug-likeness (QED) is 0.437. The van der Waals surface area contributed by atoms with Crippen LogP contribution < -0.4 is 5.73 Å². The molecule has 0 spiro atoms. The van der Waals surface area contributed by atoms with Gasteiger partial charge in [0.05, 0.1) is 4.99 Å². The van der Waals surface area contributed by atoms with Gasteiger partial charge in [0.1, 0.15) is 0 Å². The Bertz CT molecular complexity index is 205. The van der Waals surface area contributed by atoms with Gasteiger partial charge in [0.2, 0.25) is 0 Å². The molecule has 0 aromatic heterocycles. The molecule has 4 heteroatoms. The molecule has 18 heavy (non-hydrogen) atoms. The summed E-state index contributed by atoms with van der Waals surface area (Å²) in [5.41, 5.74) is 5.50. The second-order valence-corrected chi connectivity index (χ2v) is 5.26. The van der Waals surface area contributed by atoms with E-state index in [1.807, 2.05) is 0 Å². The Morgan fingerprint density at radius 2 is 1.33 bits per heavy atom. The Morgan fingerprint density at radius 1 is 0.833 bits per heavy atom. The van der Waals surface area contributed by atoms with Gasteiger partial charge in [-0.05, 0) is 65.0 Å². The van der Waals surface area contributed by atoms with E-state index in [4.69, 9.17) is 18.0 Å². The molecule has 0 fully saturated rings. The lowest BCUT2D eigenvalue weighted by Gasteiger charge is -2.23. The fourth-order valence-electron chi connectivity index (χ4n) is 2.12. The second kappa shape index (κ2) is 11.9. The summed E-state index contributed by atoms with van der Waals surface area (Å²) in [4.78, 5) is 5.67. The van der Waals surface area contributed by atoms with Crippen LogP contribution >= 0.6 is 12.2 Å². The van der Waals surface area contributed by atoms with E-state index < -0.39 is 0 Å². The smallest absolute Gasteiger partial charge is 0.0727 e. The van der Waals surface area contributed by atoms with Crippen LogP contribution in [0.25, 0.3) is 0 Å². The normalized spacial score (nSPS) is 11.4. The summed E-state index contributed by atoms with van der Waals surface area (Å²) in [5, 5.41) is 0. The van der Waals surface area contributed by atoms with Crippen molar-refractivity contribution in [2.75, 3.05) is 39.3 Å². The van der Waals surface area contributed by atoms with Crippen molar-refractivity contribution >= 4 is 17.2 Å². The SMILES string of the molecule is CCN(CC)CCCN(CC)CCCCC(N)=S. The van der Waals surface area contributed by atoms with E-state index in [2.05, 4.69) is 30.6 Å². The highest BCUT2D eigenvalue weighted by atomic mass is 32.1. The molecular formula is C14H31N3S. The third-order valence-corrected chi connectivity index (χ3v) is 3.64. The Kier molecular flexibility index (Phi) is 11.8. The van der Waals surface area contributed by atoms with Gasteiger partial charge in [-0.2, -0.15) is 0 Å². The lowest BCUT2D eigenvalue weighted by Crippen LogP contribution is -2.30. The summed E-state index contributed by atoms with van der Waals surface area (Å²) in [6.45, 7) is 13.8. The largest absolute Gasteiger partial charge is 0.393 e. The number of thiocarbonyl (C=S) groups is 1. The topological polar surface area (TPSA) is 32.5 Å². The van der Waals surface area contributed by atoms with Crippen LogP contribution in [0.1, 0.15) is 46.5 Å². The predicted octanol–water partition coefficient (Wildman–Crippen LogP) is 2.50. The summed E-state index contributed by atoms with van der Waals surface area (Å²) in [7, 11) is 0. The van der Waals surface area contributed by atoms with Crippen LogP contribution in [-0.2, 0) is 0 Å². The minimum absolute atomic E-state index is 0.652. The van der Waals surface area contributed by atoms with Crippen molar-refractivity contribution in [1.82, 2.24) is 9.80 Å². The summed E-state index contributed by atoms with van der Waals surface area (Å²) in [6.07, 6.45) is 4.50. The van der Waals surface area contributed by atoms with Crippen molar-refractivity contribution in [1.29, 1.82) is 0 Å². The van der Waals surface area contributed by atoms with Crippen LogP contribution in [0.2, 0.25) is 0 Å². The lowest BCUT2D eigenvalue weighted by atomic mass is 10.2. The number of hydrogen-bond donors (Lipinski definition) is 1. The third kappa shape index (κ3) is 9.80. The van der Waals surface area contributed by atoms with Crippen molar-refractivity contribution in [2.24, 2.45) is 5.73 Å². The number of hydrogen-bond acceptors (Lipinski definition) is 3. The van der Waals surface area contributed by atoms with Gasteiger partial charge in [-0.3, -0.25) is 0 Å². The zero-order chi connectivity index (χ0) is 13.8. The molecule has 0 saturated carbocycles. The monoisotopic (exact) mass is 273 g/mol. The van der Waals surface area contributed by atoms with Gasteiger partial charge in [0.15, 0.2) is 0 Å². The first-order valence-electron chi connectivity index (χ1n) is 7.37. The third-order valence-electron chi connectivity index (χ3n) is 3.44. The average Bonchev–Trinajstić information content (AvgIpc) is 2.36. The Morgan fingerprint density at radius 3 is 1.83 bits per heavy atom. The van der Waals surface area contributed by atoms with Crippen molar-refractivity contribution in [3.05, 3.63) is 0 Å². The van der Waals surface area contributed by atoms with Crippen LogP contribution in [0, 0.1) is 0 Å². The maximum Gasteiger partial charge on any atom is 0.0727 e. The molecule has 3 nitrogen and oxygen atoms in total. The van der Waals surface area contributed by atoms with E-state index in [0.717, 1.165) is 32.5 Å². The second-order valence-electron chi connectivity index (χ2n) is 4.74. The summed E-state index contributed by atoms with van der Waals surface area (Å²) >= 11 is 4.89. The fraction of sp³-hybridized carbons (Fsp3) is 0.929. The minimum atomic E-state index is 0.652. The zero-order valence-electron chi connectivity index (χ0n) is 12.5. The summed E-state index contributed by atoms with van der Waals surface area (Å²) in [6, 6.07) is 0. The predicted molar refractivity (Wildman–Crippen MR) is 85.2 cm³/mol. The average molecular weight is 273 g/mol. The minimum Gasteiger partial charge on any atom is -0.393 e. The first-order chi connectivity index (χ1) is 8.63. The fourth-order valence-corrected chi connectivity index (χ4v) is 2.26. The standard InChI is InChI=1S/C14H31N3S/c1-4-16(5-2)12-9-13-17(6-3)11-8-7-10-14(15)18/h4-13H2,1-3H3,(H2,15,18). The highest BCUT2D eigenvalue weighted by Crippen LogP contribution is 2.01. The molecule has 0 atom stereocenters. The maximum atomic E-state index is 5.50. The molecule has 2 N–H and O–H groups in total. The van der Waals surface area contributed by atoms with Crippen LogP contribution in [0.3, 0.4) is 0 Å². The molecule has 0 aromatic rings. The highest BCUT2D eigenvalue weighted by Gasteiger charge is 2.04.